The van der Waals surface area contributed by atoms with Gasteiger partial charge in [0.25, 0.3) is 5.69 Å². The zero-order valence-corrected chi connectivity index (χ0v) is 8.98. The Balaban J connectivity index is 1.98. The van der Waals surface area contributed by atoms with Gasteiger partial charge >= 0.3 is 0 Å². The lowest BCUT2D eigenvalue weighted by atomic mass is 10.2. The molecule has 2 aromatic rings. The molecule has 0 atom stereocenters. The smallest absolute Gasteiger partial charge is 0.269 e. The number of nitrogens with zero attached hydrogens (tertiary/aromatic N) is 3. The van der Waals surface area contributed by atoms with Crippen LogP contribution >= 0.6 is 11.5 Å². The van der Waals surface area contributed by atoms with E-state index in [0.29, 0.717) is 6.54 Å². The number of nitrogens with one attached hydrogen (secondary N) is 1. The van der Waals surface area contributed by atoms with Crippen molar-refractivity contribution in [2.75, 3.05) is 5.32 Å². The number of hydrogen-bond acceptors (Lipinski definition) is 6. The molecular formula is C9H8N4O2S. The molecule has 0 amide bonds. The average molecular weight is 236 g/mol. The second-order valence-electron chi connectivity index (χ2n) is 3.06. The molecule has 0 aliphatic heterocycles. The molecule has 0 radical (unpaired) electrons. The Morgan fingerprint density at radius 1 is 1.38 bits per heavy atom. The Morgan fingerprint density at radius 2 is 2.12 bits per heavy atom. The Kier molecular flexibility index (Phi) is 3.06. The van der Waals surface area contributed by atoms with E-state index in [4.69, 9.17) is 0 Å². The quantitative estimate of drug-likeness (QED) is 0.649. The third kappa shape index (κ3) is 2.51. The highest BCUT2D eigenvalue weighted by molar-refractivity contribution is 7.09. The van der Waals surface area contributed by atoms with E-state index in [1.165, 1.54) is 23.7 Å². The van der Waals surface area contributed by atoms with E-state index in [-0.39, 0.29) is 5.69 Å². The van der Waals surface area contributed by atoms with Gasteiger partial charge in [-0.15, -0.1) is 5.10 Å². The molecule has 1 N–H and O–H groups in total. The second-order valence-corrected chi connectivity index (χ2v) is 3.84. The Hall–Kier alpha value is -2.02. The molecule has 0 spiro atoms. The van der Waals surface area contributed by atoms with E-state index in [0.717, 1.165) is 10.6 Å². The lowest BCUT2D eigenvalue weighted by Gasteiger charge is -2.01. The van der Waals surface area contributed by atoms with Crippen LogP contribution in [0.1, 0.15) is 5.56 Å². The molecule has 0 unspecified atom stereocenters. The monoisotopic (exact) mass is 236 g/mol. The second kappa shape index (κ2) is 4.67. The fourth-order valence-electron chi connectivity index (χ4n) is 1.17. The highest BCUT2D eigenvalue weighted by Crippen LogP contribution is 2.14. The van der Waals surface area contributed by atoms with E-state index < -0.39 is 4.92 Å². The van der Waals surface area contributed by atoms with E-state index in [1.54, 1.807) is 18.3 Å². The van der Waals surface area contributed by atoms with Gasteiger partial charge in [-0.25, -0.2) is 0 Å². The lowest BCUT2D eigenvalue weighted by Crippen LogP contribution is -1.97. The third-order valence-corrected chi connectivity index (χ3v) is 2.60. The summed E-state index contributed by atoms with van der Waals surface area (Å²) >= 11 is 1.27. The molecule has 0 saturated carbocycles. The van der Waals surface area contributed by atoms with Gasteiger partial charge in [0.1, 0.15) is 5.00 Å². The van der Waals surface area contributed by atoms with Gasteiger partial charge in [0.2, 0.25) is 0 Å². The van der Waals surface area contributed by atoms with Gasteiger partial charge in [-0.1, -0.05) is 16.6 Å². The first-order chi connectivity index (χ1) is 7.75. The molecule has 0 aliphatic rings. The average Bonchev–Trinajstić information content (AvgIpc) is 2.80. The number of aromatic nitrogens is 2. The normalized spacial score (nSPS) is 10.0. The zero-order chi connectivity index (χ0) is 11.4. The van der Waals surface area contributed by atoms with Crippen LogP contribution < -0.4 is 5.32 Å². The van der Waals surface area contributed by atoms with Crippen molar-refractivity contribution in [2.45, 2.75) is 6.54 Å². The third-order valence-electron chi connectivity index (χ3n) is 1.98. The first-order valence-electron chi connectivity index (χ1n) is 4.50. The maximum Gasteiger partial charge on any atom is 0.269 e. The van der Waals surface area contributed by atoms with E-state index in [1.807, 2.05) is 0 Å². The van der Waals surface area contributed by atoms with Gasteiger partial charge in [-0.3, -0.25) is 10.1 Å². The zero-order valence-electron chi connectivity index (χ0n) is 8.16. The summed E-state index contributed by atoms with van der Waals surface area (Å²) < 4.78 is 3.71. The van der Waals surface area contributed by atoms with Gasteiger partial charge in [0.05, 0.1) is 11.1 Å². The predicted octanol–water partition coefficient (Wildman–Crippen LogP) is 2.06. The van der Waals surface area contributed by atoms with Crippen molar-refractivity contribution in [3.8, 4) is 0 Å². The summed E-state index contributed by atoms with van der Waals surface area (Å²) in [6, 6.07) is 6.42. The van der Waals surface area contributed by atoms with Crippen LogP contribution in [0.2, 0.25) is 0 Å². The lowest BCUT2D eigenvalue weighted by molar-refractivity contribution is -0.384. The summed E-state index contributed by atoms with van der Waals surface area (Å²) in [6.07, 6.45) is 1.63. The first kappa shape index (κ1) is 10.5. The number of rotatable bonds is 4. The molecule has 7 heteroatoms. The SMILES string of the molecule is O=[N+]([O-])c1ccc(CNc2cnns2)cc1. The number of non-ortho nitro benzene ring substituents is 1. The summed E-state index contributed by atoms with van der Waals surface area (Å²) in [5.74, 6) is 0. The maximum atomic E-state index is 10.4. The van der Waals surface area contributed by atoms with Crippen molar-refractivity contribution in [3.05, 3.63) is 46.1 Å². The van der Waals surface area contributed by atoms with Gasteiger partial charge in [-0.2, -0.15) is 0 Å². The summed E-state index contributed by atoms with van der Waals surface area (Å²) in [7, 11) is 0. The standard InChI is InChI=1S/C9H8N4O2S/c14-13(15)8-3-1-7(2-4-8)5-10-9-6-11-12-16-9/h1-4,6,10H,5H2. The van der Waals surface area contributed by atoms with Crippen LogP contribution in [0, 0.1) is 10.1 Å². The van der Waals surface area contributed by atoms with Gasteiger partial charge in [-0.05, 0) is 5.56 Å². The summed E-state index contributed by atoms with van der Waals surface area (Å²) in [5.41, 5.74) is 1.07. The highest BCUT2D eigenvalue weighted by atomic mass is 32.1. The van der Waals surface area contributed by atoms with Crippen LogP contribution in [0.15, 0.2) is 30.5 Å². The predicted molar refractivity (Wildman–Crippen MR) is 60.3 cm³/mol. The molecule has 82 valence electrons. The fourth-order valence-corrected chi connectivity index (χ4v) is 1.58. The topological polar surface area (TPSA) is 81.0 Å². The molecule has 0 saturated heterocycles. The molecule has 0 bridgehead atoms. The summed E-state index contributed by atoms with van der Waals surface area (Å²) in [5, 5.41) is 18.1. The molecule has 0 fully saturated rings. The van der Waals surface area contributed by atoms with Gasteiger partial charge in [0, 0.05) is 30.2 Å². The van der Waals surface area contributed by atoms with Crippen molar-refractivity contribution < 1.29 is 4.92 Å². The van der Waals surface area contributed by atoms with E-state index in [9.17, 15) is 10.1 Å². The van der Waals surface area contributed by atoms with Crippen LogP contribution in [0.5, 0.6) is 0 Å². The minimum Gasteiger partial charge on any atom is -0.370 e. The fraction of sp³-hybridized carbons (Fsp3) is 0.111. The van der Waals surface area contributed by atoms with Crippen molar-refractivity contribution in [1.29, 1.82) is 0 Å². The van der Waals surface area contributed by atoms with Crippen molar-refractivity contribution in [2.24, 2.45) is 0 Å². The molecule has 2 rings (SSSR count). The molecule has 6 nitrogen and oxygen atoms in total. The molecular weight excluding hydrogens is 228 g/mol. The van der Waals surface area contributed by atoms with Crippen LogP contribution in [0.25, 0.3) is 0 Å². The Morgan fingerprint density at radius 3 is 2.69 bits per heavy atom. The molecule has 16 heavy (non-hydrogen) atoms. The number of anilines is 1. The van der Waals surface area contributed by atoms with Crippen molar-refractivity contribution in [3.63, 3.8) is 0 Å². The number of nitro benzene ring substituents is 1. The molecule has 1 heterocycles. The Labute approximate surface area is 95.2 Å². The van der Waals surface area contributed by atoms with Crippen LogP contribution in [0.3, 0.4) is 0 Å². The highest BCUT2D eigenvalue weighted by Gasteiger charge is 2.03. The Bertz CT molecular complexity index is 469. The van der Waals surface area contributed by atoms with E-state index >= 15 is 0 Å². The molecule has 1 aromatic heterocycles. The van der Waals surface area contributed by atoms with Gasteiger partial charge < -0.3 is 5.32 Å². The minimum absolute atomic E-state index is 0.100. The largest absolute Gasteiger partial charge is 0.370 e. The minimum atomic E-state index is -0.412. The van der Waals surface area contributed by atoms with Crippen LogP contribution in [0.4, 0.5) is 10.7 Å². The van der Waals surface area contributed by atoms with Crippen molar-refractivity contribution >= 4 is 22.2 Å². The number of hydrogen-bond donors (Lipinski definition) is 1. The summed E-state index contributed by atoms with van der Waals surface area (Å²) in [4.78, 5) is 10.0. The van der Waals surface area contributed by atoms with Crippen molar-refractivity contribution in [1.82, 2.24) is 9.59 Å². The number of nitro groups is 1. The molecule has 1 aromatic carbocycles. The van der Waals surface area contributed by atoms with Crippen LogP contribution in [-0.4, -0.2) is 14.5 Å². The summed E-state index contributed by atoms with van der Waals surface area (Å²) in [6.45, 7) is 0.599. The first-order valence-corrected chi connectivity index (χ1v) is 5.27. The number of benzene rings is 1. The maximum absolute atomic E-state index is 10.4. The van der Waals surface area contributed by atoms with E-state index in [2.05, 4.69) is 14.9 Å². The van der Waals surface area contributed by atoms with Gasteiger partial charge in [0.15, 0.2) is 0 Å². The van der Waals surface area contributed by atoms with Crippen LogP contribution in [-0.2, 0) is 6.54 Å². The molecule has 0 aliphatic carbocycles.